The molecule has 6 heteroatoms. The zero-order valence-electron chi connectivity index (χ0n) is 15.5. The zero-order valence-corrected chi connectivity index (χ0v) is 15.5. The first-order valence-corrected chi connectivity index (χ1v) is 8.93. The molecule has 0 radical (unpaired) electrons. The maximum atomic E-state index is 12.9. The van der Waals surface area contributed by atoms with Gasteiger partial charge in [0.1, 0.15) is 11.5 Å². The van der Waals surface area contributed by atoms with Gasteiger partial charge in [0.05, 0.1) is 12.4 Å². The lowest BCUT2D eigenvalue weighted by Gasteiger charge is -2.26. The Kier molecular flexibility index (Phi) is 6.10. The molecule has 0 saturated heterocycles. The minimum Gasteiger partial charge on any atom is -0.365 e. The summed E-state index contributed by atoms with van der Waals surface area (Å²) in [5.41, 5.74) is 2.47. The highest BCUT2D eigenvalue weighted by atomic mass is 16.2. The Hall–Kier alpha value is -3.28. The lowest BCUT2D eigenvalue weighted by Crippen LogP contribution is -2.36. The van der Waals surface area contributed by atoms with Gasteiger partial charge in [-0.1, -0.05) is 36.4 Å². The number of anilines is 1. The highest BCUT2D eigenvalue weighted by Crippen LogP contribution is 2.13. The molecule has 0 unspecified atom stereocenters. The van der Waals surface area contributed by atoms with Crippen molar-refractivity contribution in [1.29, 1.82) is 0 Å². The quantitative estimate of drug-likeness (QED) is 0.697. The van der Waals surface area contributed by atoms with Crippen molar-refractivity contribution >= 4 is 11.7 Å². The van der Waals surface area contributed by atoms with Crippen LogP contribution in [0.2, 0.25) is 0 Å². The summed E-state index contributed by atoms with van der Waals surface area (Å²) in [4.78, 5) is 27.4. The van der Waals surface area contributed by atoms with Gasteiger partial charge in [-0.25, -0.2) is 9.97 Å². The molecule has 1 amide bonds. The average molecular weight is 361 g/mol. The van der Waals surface area contributed by atoms with Crippen molar-refractivity contribution in [2.75, 3.05) is 5.32 Å². The maximum absolute atomic E-state index is 12.9. The third kappa shape index (κ3) is 5.10. The van der Waals surface area contributed by atoms with Crippen LogP contribution in [-0.4, -0.2) is 31.8 Å². The summed E-state index contributed by atoms with van der Waals surface area (Å²) in [7, 11) is 0. The Morgan fingerprint density at radius 3 is 2.41 bits per heavy atom. The van der Waals surface area contributed by atoms with E-state index in [-0.39, 0.29) is 11.9 Å². The average Bonchev–Trinajstić information content (AvgIpc) is 2.72. The number of hydrogen-bond acceptors (Lipinski definition) is 5. The van der Waals surface area contributed by atoms with E-state index in [0.29, 0.717) is 24.6 Å². The monoisotopic (exact) mass is 361 g/mol. The number of nitrogens with zero attached hydrogens (tertiary/aromatic N) is 4. The number of rotatable bonds is 7. The molecule has 2 heterocycles. The molecule has 0 saturated carbocycles. The molecule has 1 aromatic carbocycles. The SMILES string of the molecule is CC(C)N(Cc1ccccc1)C(=O)c1cnc(NCc2cccnc2)cn1. The molecule has 27 heavy (non-hydrogen) atoms. The second-order valence-corrected chi connectivity index (χ2v) is 6.51. The highest BCUT2D eigenvalue weighted by Gasteiger charge is 2.20. The van der Waals surface area contributed by atoms with Crippen molar-refractivity contribution in [2.24, 2.45) is 0 Å². The summed E-state index contributed by atoms with van der Waals surface area (Å²) >= 11 is 0. The first-order valence-electron chi connectivity index (χ1n) is 8.93. The number of hydrogen-bond donors (Lipinski definition) is 1. The van der Waals surface area contributed by atoms with Crippen LogP contribution < -0.4 is 5.32 Å². The Bertz CT molecular complexity index is 851. The van der Waals surface area contributed by atoms with Gasteiger partial charge in [0.2, 0.25) is 0 Å². The Balaban J connectivity index is 1.66. The van der Waals surface area contributed by atoms with E-state index >= 15 is 0 Å². The van der Waals surface area contributed by atoms with Gasteiger partial charge in [0.15, 0.2) is 0 Å². The molecular weight excluding hydrogens is 338 g/mol. The van der Waals surface area contributed by atoms with Crippen molar-refractivity contribution in [2.45, 2.75) is 33.0 Å². The highest BCUT2D eigenvalue weighted by molar-refractivity contribution is 5.92. The van der Waals surface area contributed by atoms with Crippen LogP contribution in [0.3, 0.4) is 0 Å². The first-order chi connectivity index (χ1) is 13.1. The number of nitrogens with one attached hydrogen (secondary N) is 1. The third-order valence-electron chi connectivity index (χ3n) is 4.15. The van der Waals surface area contributed by atoms with Gasteiger partial charge >= 0.3 is 0 Å². The predicted molar refractivity (Wildman–Crippen MR) is 105 cm³/mol. The zero-order chi connectivity index (χ0) is 19.1. The fourth-order valence-electron chi connectivity index (χ4n) is 2.64. The molecule has 1 N–H and O–H groups in total. The number of carbonyl (C=O) groups excluding carboxylic acids is 1. The topological polar surface area (TPSA) is 71.0 Å². The van der Waals surface area contributed by atoms with Crippen molar-refractivity contribution in [3.63, 3.8) is 0 Å². The molecule has 0 aliphatic rings. The largest absolute Gasteiger partial charge is 0.365 e. The molecule has 0 fully saturated rings. The predicted octanol–water partition coefficient (Wildman–Crippen LogP) is 3.53. The molecule has 0 atom stereocenters. The normalized spacial score (nSPS) is 10.6. The van der Waals surface area contributed by atoms with E-state index in [1.165, 1.54) is 6.20 Å². The summed E-state index contributed by atoms with van der Waals surface area (Å²) in [5.74, 6) is 0.495. The van der Waals surface area contributed by atoms with Crippen LogP contribution in [0.4, 0.5) is 5.82 Å². The molecule has 6 nitrogen and oxygen atoms in total. The third-order valence-corrected chi connectivity index (χ3v) is 4.15. The van der Waals surface area contributed by atoms with Crippen LogP contribution in [0.15, 0.2) is 67.3 Å². The maximum Gasteiger partial charge on any atom is 0.274 e. The van der Waals surface area contributed by atoms with E-state index in [1.807, 2.05) is 56.3 Å². The van der Waals surface area contributed by atoms with Gasteiger partial charge in [-0.05, 0) is 31.0 Å². The van der Waals surface area contributed by atoms with Gasteiger partial charge in [0.25, 0.3) is 5.91 Å². The summed E-state index contributed by atoms with van der Waals surface area (Å²) in [5, 5.41) is 3.18. The van der Waals surface area contributed by atoms with Gasteiger partial charge in [-0.2, -0.15) is 0 Å². The Morgan fingerprint density at radius 1 is 1.00 bits per heavy atom. The lowest BCUT2D eigenvalue weighted by molar-refractivity contribution is 0.0684. The van der Waals surface area contributed by atoms with E-state index in [2.05, 4.69) is 20.3 Å². The number of pyridine rings is 1. The number of aromatic nitrogens is 3. The molecule has 0 aliphatic heterocycles. The first kappa shape index (κ1) is 18.5. The fraction of sp³-hybridized carbons (Fsp3) is 0.238. The number of amides is 1. The van der Waals surface area contributed by atoms with Crippen molar-refractivity contribution in [3.05, 3.63) is 84.1 Å². The van der Waals surface area contributed by atoms with Crippen LogP contribution in [0.1, 0.15) is 35.5 Å². The molecule has 0 spiro atoms. The summed E-state index contributed by atoms with van der Waals surface area (Å²) in [6, 6.07) is 13.9. The number of carbonyl (C=O) groups is 1. The molecule has 0 aliphatic carbocycles. The molecule has 2 aromatic heterocycles. The second kappa shape index (κ2) is 8.89. The van der Waals surface area contributed by atoms with E-state index in [0.717, 1.165) is 11.1 Å². The van der Waals surface area contributed by atoms with Crippen LogP contribution in [-0.2, 0) is 13.1 Å². The minimum atomic E-state index is -0.125. The lowest BCUT2D eigenvalue weighted by atomic mass is 10.2. The fourth-order valence-corrected chi connectivity index (χ4v) is 2.64. The summed E-state index contributed by atoms with van der Waals surface area (Å²) in [6.45, 7) is 5.14. The summed E-state index contributed by atoms with van der Waals surface area (Å²) < 4.78 is 0. The van der Waals surface area contributed by atoms with Crippen molar-refractivity contribution in [1.82, 2.24) is 19.9 Å². The van der Waals surface area contributed by atoms with E-state index in [1.54, 1.807) is 23.5 Å². The molecule has 0 bridgehead atoms. The Morgan fingerprint density at radius 2 is 1.78 bits per heavy atom. The van der Waals surface area contributed by atoms with Gasteiger partial charge in [0, 0.05) is 31.5 Å². The number of benzene rings is 1. The summed E-state index contributed by atoms with van der Waals surface area (Å²) in [6.07, 6.45) is 6.64. The van der Waals surface area contributed by atoms with Crippen LogP contribution >= 0.6 is 0 Å². The van der Waals surface area contributed by atoms with Gasteiger partial charge in [-0.15, -0.1) is 0 Å². The van der Waals surface area contributed by atoms with Gasteiger partial charge in [-0.3, -0.25) is 9.78 Å². The molecule has 3 rings (SSSR count). The van der Waals surface area contributed by atoms with E-state index in [4.69, 9.17) is 0 Å². The van der Waals surface area contributed by atoms with Crippen molar-refractivity contribution < 1.29 is 4.79 Å². The van der Waals surface area contributed by atoms with E-state index < -0.39 is 0 Å². The molecule has 138 valence electrons. The minimum absolute atomic E-state index is 0.0582. The molecule has 3 aromatic rings. The Labute approximate surface area is 159 Å². The van der Waals surface area contributed by atoms with Gasteiger partial charge < -0.3 is 10.2 Å². The second-order valence-electron chi connectivity index (χ2n) is 6.51. The molecular formula is C21H23N5O. The van der Waals surface area contributed by atoms with E-state index in [9.17, 15) is 4.79 Å². The van der Waals surface area contributed by atoms with Crippen LogP contribution in [0.5, 0.6) is 0 Å². The smallest absolute Gasteiger partial charge is 0.274 e. The van der Waals surface area contributed by atoms with Crippen LogP contribution in [0.25, 0.3) is 0 Å². The van der Waals surface area contributed by atoms with Crippen molar-refractivity contribution in [3.8, 4) is 0 Å². The van der Waals surface area contributed by atoms with Crippen LogP contribution in [0, 0.1) is 0 Å². The standard InChI is InChI=1S/C21H23N5O/c1-16(2)26(15-17-7-4-3-5-8-17)21(27)19-13-25-20(14-23-19)24-12-18-9-6-10-22-11-18/h3-11,13-14,16H,12,15H2,1-2H3,(H,24,25).